The van der Waals surface area contributed by atoms with E-state index in [0.717, 1.165) is 5.03 Å². The molecule has 3 aromatic heterocycles. The number of oxazole rings is 1. The number of pyridine rings is 1. The number of benzene rings is 1. The summed E-state index contributed by atoms with van der Waals surface area (Å²) in [4.78, 5) is 23.4. The molecular weight excluding hydrogens is 407 g/mol. The maximum atomic E-state index is 13.2. The van der Waals surface area contributed by atoms with Crippen molar-refractivity contribution in [3.05, 3.63) is 53.7 Å². The molecular formula is C20H17FN6O2S. The van der Waals surface area contributed by atoms with Gasteiger partial charge in [0.1, 0.15) is 11.3 Å². The van der Waals surface area contributed by atoms with Crippen molar-refractivity contribution in [3.8, 4) is 11.7 Å². The third-order valence-electron chi connectivity index (χ3n) is 5.19. The summed E-state index contributed by atoms with van der Waals surface area (Å²) in [6.45, 7) is 2.86. The molecule has 0 unspecified atom stereocenters. The van der Waals surface area contributed by atoms with E-state index >= 15 is 0 Å². The summed E-state index contributed by atoms with van der Waals surface area (Å²) < 4.78 is 21.0. The lowest BCUT2D eigenvalue weighted by Gasteiger charge is -2.33. The molecule has 0 saturated carbocycles. The highest BCUT2D eigenvalue weighted by Crippen LogP contribution is 2.31. The van der Waals surface area contributed by atoms with Gasteiger partial charge in [0.15, 0.2) is 11.4 Å². The van der Waals surface area contributed by atoms with Crippen molar-refractivity contribution in [1.82, 2.24) is 29.6 Å². The highest BCUT2D eigenvalue weighted by molar-refractivity contribution is 7.98. The van der Waals surface area contributed by atoms with Crippen molar-refractivity contribution in [1.29, 1.82) is 0 Å². The van der Waals surface area contributed by atoms with Crippen LogP contribution >= 0.6 is 11.8 Å². The molecule has 0 saturated heterocycles. The molecule has 0 fully saturated rings. The molecule has 1 atom stereocenters. The molecule has 1 amide bonds. The van der Waals surface area contributed by atoms with Gasteiger partial charge in [0, 0.05) is 24.7 Å². The molecule has 0 spiro atoms. The van der Waals surface area contributed by atoms with E-state index in [-0.39, 0.29) is 17.8 Å². The van der Waals surface area contributed by atoms with E-state index in [1.807, 2.05) is 23.8 Å². The first-order valence-corrected chi connectivity index (χ1v) is 10.6. The van der Waals surface area contributed by atoms with E-state index in [0.29, 0.717) is 47.3 Å². The molecule has 8 nitrogen and oxygen atoms in total. The van der Waals surface area contributed by atoms with E-state index in [1.165, 1.54) is 36.0 Å². The number of nitrogens with zero attached hydrogens (tertiary/aromatic N) is 6. The van der Waals surface area contributed by atoms with E-state index < -0.39 is 0 Å². The van der Waals surface area contributed by atoms with Gasteiger partial charge in [0.2, 0.25) is 5.82 Å². The van der Waals surface area contributed by atoms with Crippen LogP contribution in [0.3, 0.4) is 0 Å². The lowest BCUT2D eigenvalue weighted by Crippen LogP contribution is -2.41. The highest BCUT2D eigenvalue weighted by atomic mass is 32.2. The minimum absolute atomic E-state index is 0.171. The standard InChI is InChI=1S/C20H17FN6O2S/c1-11-17-24-25-18(19-23-14-10-22-16(30-2)9-15(14)29-19)27(17)8-7-26(11)20(28)12-3-5-13(21)6-4-12/h3-6,9-11H,7-8H2,1-2H3/t11-/m1/s1. The van der Waals surface area contributed by atoms with E-state index in [9.17, 15) is 9.18 Å². The van der Waals surface area contributed by atoms with Crippen molar-refractivity contribution in [2.45, 2.75) is 24.5 Å². The number of thioether (sulfide) groups is 1. The predicted octanol–water partition coefficient (Wildman–Crippen LogP) is 3.56. The largest absolute Gasteiger partial charge is 0.433 e. The number of hydrogen-bond donors (Lipinski definition) is 0. The number of amides is 1. The lowest BCUT2D eigenvalue weighted by molar-refractivity contribution is 0.0638. The summed E-state index contributed by atoms with van der Waals surface area (Å²) in [5.74, 6) is 0.996. The zero-order chi connectivity index (χ0) is 20.8. The first-order valence-electron chi connectivity index (χ1n) is 9.35. The van der Waals surface area contributed by atoms with Crippen molar-refractivity contribution >= 4 is 28.8 Å². The summed E-state index contributed by atoms with van der Waals surface area (Å²) in [6, 6.07) is 7.09. The van der Waals surface area contributed by atoms with Crippen LogP contribution in [0.5, 0.6) is 0 Å². The molecule has 0 aliphatic carbocycles. The SMILES string of the molecule is CSc1cc2oc(-c3nnc4n3CCN(C(=O)c3ccc(F)cc3)[C@@H]4C)nc2cn1. The molecule has 30 heavy (non-hydrogen) atoms. The van der Waals surface area contributed by atoms with Crippen LogP contribution in [-0.2, 0) is 6.54 Å². The van der Waals surface area contributed by atoms with E-state index in [4.69, 9.17) is 4.42 Å². The molecule has 0 bridgehead atoms. The second-order valence-electron chi connectivity index (χ2n) is 6.93. The molecule has 152 valence electrons. The smallest absolute Gasteiger partial charge is 0.266 e. The zero-order valence-corrected chi connectivity index (χ0v) is 17.1. The number of carbonyl (C=O) groups excluding carboxylic acids is 1. The number of carbonyl (C=O) groups is 1. The van der Waals surface area contributed by atoms with Crippen LogP contribution in [-0.4, -0.2) is 48.3 Å². The van der Waals surface area contributed by atoms with Crippen LogP contribution in [0.15, 0.2) is 46.0 Å². The Morgan fingerprint density at radius 2 is 2.03 bits per heavy atom. The Labute approximate surface area is 175 Å². The van der Waals surface area contributed by atoms with Crippen LogP contribution in [0.1, 0.15) is 29.1 Å². The summed E-state index contributed by atoms with van der Waals surface area (Å²) in [5.41, 5.74) is 1.73. The third-order valence-corrected chi connectivity index (χ3v) is 5.83. The zero-order valence-electron chi connectivity index (χ0n) is 16.2. The average molecular weight is 424 g/mol. The summed E-state index contributed by atoms with van der Waals surface area (Å²) in [6.07, 6.45) is 3.62. The Bertz CT molecular complexity index is 1250. The predicted molar refractivity (Wildman–Crippen MR) is 108 cm³/mol. The summed E-state index contributed by atoms with van der Waals surface area (Å²) >= 11 is 1.53. The first-order chi connectivity index (χ1) is 14.5. The normalized spacial score (nSPS) is 16.1. The lowest BCUT2D eigenvalue weighted by atomic mass is 10.1. The van der Waals surface area contributed by atoms with Crippen molar-refractivity contribution in [2.24, 2.45) is 0 Å². The number of fused-ring (bicyclic) bond motifs is 2. The Kier molecular flexibility index (Phi) is 4.50. The van der Waals surface area contributed by atoms with Gasteiger partial charge in [-0.25, -0.2) is 14.4 Å². The molecule has 0 N–H and O–H groups in total. The fraction of sp³-hybridized carbons (Fsp3) is 0.250. The first kappa shape index (κ1) is 18.7. The van der Waals surface area contributed by atoms with Gasteiger partial charge in [-0.3, -0.25) is 4.79 Å². The third kappa shape index (κ3) is 3.04. The van der Waals surface area contributed by atoms with Crippen LogP contribution in [0.25, 0.3) is 22.8 Å². The summed E-state index contributed by atoms with van der Waals surface area (Å²) in [7, 11) is 0. The molecule has 1 aliphatic heterocycles. The molecule has 1 aliphatic rings. The highest BCUT2D eigenvalue weighted by Gasteiger charge is 2.33. The van der Waals surface area contributed by atoms with Crippen LogP contribution in [0.4, 0.5) is 4.39 Å². The van der Waals surface area contributed by atoms with Crippen molar-refractivity contribution in [2.75, 3.05) is 12.8 Å². The topological polar surface area (TPSA) is 89.9 Å². The Morgan fingerprint density at radius 3 is 2.80 bits per heavy atom. The molecule has 5 rings (SSSR count). The molecule has 4 heterocycles. The number of aromatic nitrogens is 5. The van der Waals surface area contributed by atoms with Gasteiger partial charge in [-0.1, -0.05) is 0 Å². The maximum Gasteiger partial charge on any atom is 0.266 e. The van der Waals surface area contributed by atoms with Crippen molar-refractivity contribution < 1.29 is 13.6 Å². The van der Waals surface area contributed by atoms with E-state index in [2.05, 4.69) is 20.2 Å². The van der Waals surface area contributed by atoms with Gasteiger partial charge < -0.3 is 13.9 Å². The van der Waals surface area contributed by atoms with Crippen LogP contribution < -0.4 is 0 Å². The molecule has 1 aromatic carbocycles. The quantitative estimate of drug-likeness (QED) is 0.465. The fourth-order valence-corrected chi connectivity index (χ4v) is 3.98. The fourth-order valence-electron chi connectivity index (χ4n) is 3.60. The second kappa shape index (κ2) is 7.21. The average Bonchev–Trinajstić information content (AvgIpc) is 3.37. The Balaban J connectivity index is 1.46. The number of rotatable bonds is 3. The number of hydrogen-bond acceptors (Lipinski definition) is 7. The van der Waals surface area contributed by atoms with Crippen LogP contribution in [0, 0.1) is 5.82 Å². The van der Waals surface area contributed by atoms with Gasteiger partial charge in [-0.2, -0.15) is 0 Å². The van der Waals surface area contributed by atoms with Crippen LogP contribution in [0.2, 0.25) is 0 Å². The Morgan fingerprint density at radius 1 is 1.23 bits per heavy atom. The van der Waals surface area contributed by atoms with Gasteiger partial charge in [-0.05, 0) is 37.4 Å². The van der Waals surface area contributed by atoms with Gasteiger partial charge in [0.05, 0.1) is 17.3 Å². The maximum absolute atomic E-state index is 13.2. The molecule has 10 heteroatoms. The van der Waals surface area contributed by atoms with Crippen molar-refractivity contribution in [3.63, 3.8) is 0 Å². The number of halogens is 1. The van der Waals surface area contributed by atoms with Gasteiger partial charge in [0.25, 0.3) is 11.8 Å². The monoisotopic (exact) mass is 424 g/mol. The van der Waals surface area contributed by atoms with Gasteiger partial charge >= 0.3 is 0 Å². The minimum Gasteiger partial charge on any atom is -0.433 e. The Hall–Kier alpha value is -3.27. The molecule has 0 radical (unpaired) electrons. The summed E-state index contributed by atoms with van der Waals surface area (Å²) in [5, 5.41) is 9.42. The van der Waals surface area contributed by atoms with E-state index in [1.54, 1.807) is 11.1 Å². The second-order valence-corrected chi connectivity index (χ2v) is 7.75. The van der Waals surface area contributed by atoms with Gasteiger partial charge in [-0.15, -0.1) is 22.0 Å². The molecule has 4 aromatic rings. The minimum atomic E-state index is -0.374.